The fraction of sp³-hybridized carbons (Fsp3) is 1.00. The van der Waals surface area contributed by atoms with Gasteiger partial charge in [-0.05, 0) is 12.8 Å². The van der Waals surface area contributed by atoms with Crippen LogP contribution in [0.25, 0.3) is 0 Å². The first-order chi connectivity index (χ1) is 10.8. The van der Waals surface area contributed by atoms with Crippen molar-refractivity contribution in [3.05, 3.63) is 0 Å². The Balaban J connectivity index is 1.71. The van der Waals surface area contributed by atoms with Crippen LogP contribution in [0.4, 0.5) is 0 Å². The molecule has 0 aromatic rings. The van der Waals surface area contributed by atoms with Gasteiger partial charge >= 0.3 is 0 Å². The minimum atomic E-state index is 1.19. The van der Waals surface area contributed by atoms with Crippen molar-refractivity contribution in [2.45, 2.75) is 96.8 Å². The lowest BCUT2D eigenvalue weighted by Gasteiger charge is -2.28. The van der Waals surface area contributed by atoms with E-state index in [0.29, 0.717) is 0 Å². The van der Waals surface area contributed by atoms with Gasteiger partial charge in [0, 0.05) is 6.54 Å². The summed E-state index contributed by atoms with van der Waals surface area (Å²) in [7, 11) is 2.41. The SMILES string of the molecule is CCCCCCCCCCCCCCCC[N+]1(C)CCNC1. The Labute approximate surface area is 140 Å². The Kier molecular flexibility index (Phi) is 12.1. The van der Waals surface area contributed by atoms with Gasteiger partial charge in [-0.1, -0.05) is 84.0 Å². The van der Waals surface area contributed by atoms with Crippen LogP contribution in [0.5, 0.6) is 0 Å². The molecule has 1 aliphatic rings. The first kappa shape index (κ1) is 20.0. The fourth-order valence-corrected chi connectivity index (χ4v) is 3.66. The minimum Gasteiger partial charge on any atom is -0.313 e. The molecule has 1 rings (SSSR count). The highest BCUT2D eigenvalue weighted by Crippen LogP contribution is 2.14. The zero-order valence-electron chi connectivity index (χ0n) is 15.7. The van der Waals surface area contributed by atoms with Gasteiger partial charge in [-0.15, -0.1) is 0 Å². The van der Waals surface area contributed by atoms with E-state index >= 15 is 0 Å². The number of nitrogens with zero attached hydrogens (tertiary/aromatic N) is 1. The Morgan fingerprint density at radius 1 is 0.682 bits per heavy atom. The smallest absolute Gasteiger partial charge is 0.132 e. The van der Waals surface area contributed by atoms with Crippen molar-refractivity contribution in [2.24, 2.45) is 0 Å². The maximum atomic E-state index is 3.48. The second-order valence-corrected chi connectivity index (χ2v) is 7.82. The van der Waals surface area contributed by atoms with E-state index in [4.69, 9.17) is 0 Å². The predicted octanol–water partition coefficient (Wildman–Crippen LogP) is 5.48. The molecular formula is C20H43N2+. The van der Waals surface area contributed by atoms with Crippen LogP contribution < -0.4 is 5.32 Å². The average Bonchev–Trinajstić information content (AvgIpc) is 2.94. The van der Waals surface area contributed by atoms with Gasteiger partial charge in [-0.25, -0.2) is 0 Å². The lowest BCUT2D eigenvalue weighted by Crippen LogP contribution is -2.43. The molecule has 1 aliphatic heterocycles. The topological polar surface area (TPSA) is 12.0 Å². The molecule has 1 fully saturated rings. The van der Waals surface area contributed by atoms with E-state index in [1.165, 1.54) is 121 Å². The van der Waals surface area contributed by atoms with Crippen molar-refractivity contribution in [1.29, 1.82) is 0 Å². The molecule has 0 aromatic heterocycles. The summed E-state index contributed by atoms with van der Waals surface area (Å²) in [4.78, 5) is 0. The van der Waals surface area contributed by atoms with Crippen molar-refractivity contribution in [1.82, 2.24) is 5.32 Å². The number of hydrogen-bond donors (Lipinski definition) is 1. The zero-order chi connectivity index (χ0) is 15.9. The Morgan fingerprint density at radius 3 is 1.55 bits per heavy atom. The molecule has 0 amide bonds. The van der Waals surface area contributed by atoms with Crippen LogP contribution >= 0.6 is 0 Å². The van der Waals surface area contributed by atoms with Gasteiger partial charge in [0.1, 0.15) is 6.67 Å². The molecule has 2 heteroatoms. The molecule has 22 heavy (non-hydrogen) atoms. The highest BCUT2D eigenvalue weighted by molar-refractivity contribution is 4.53. The van der Waals surface area contributed by atoms with E-state index in [1.54, 1.807) is 0 Å². The predicted molar refractivity (Wildman–Crippen MR) is 99.1 cm³/mol. The second-order valence-electron chi connectivity index (χ2n) is 7.82. The van der Waals surface area contributed by atoms with E-state index < -0.39 is 0 Å². The van der Waals surface area contributed by atoms with Gasteiger partial charge in [0.2, 0.25) is 0 Å². The Hall–Kier alpha value is -0.0800. The number of unbranched alkanes of at least 4 members (excludes halogenated alkanes) is 13. The zero-order valence-corrected chi connectivity index (χ0v) is 15.7. The third-order valence-electron chi connectivity index (χ3n) is 5.37. The number of likely N-dealkylation sites (N-methyl/N-ethyl adjacent to an activating group) is 1. The van der Waals surface area contributed by atoms with E-state index in [-0.39, 0.29) is 0 Å². The van der Waals surface area contributed by atoms with Crippen LogP contribution in [-0.2, 0) is 0 Å². The molecule has 1 saturated heterocycles. The minimum absolute atomic E-state index is 1.19. The summed E-state index contributed by atoms with van der Waals surface area (Å²) in [5, 5.41) is 3.48. The van der Waals surface area contributed by atoms with Gasteiger partial charge in [0.15, 0.2) is 0 Å². The average molecular weight is 312 g/mol. The number of hydrogen-bond acceptors (Lipinski definition) is 1. The Bertz CT molecular complexity index is 234. The highest BCUT2D eigenvalue weighted by Gasteiger charge is 2.25. The molecule has 1 unspecified atom stereocenters. The van der Waals surface area contributed by atoms with Crippen molar-refractivity contribution in [2.75, 3.05) is 33.4 Å². The normalized spacial score (nSPS) is 21.5. The number of quaternary nitrogens is 1. The molecule has 0 aromatic carbocycles. The van der Waals surface area contributed by atoms with Gasteiger partial charge in [0.05, 0.1) is 20.1 Å². The monoisotopic (exact) mass is 311 g/mol. The lowest BCUT2D eigenvalue weighted by molar-refractivity contribution is -0.898. The van der Waals surface area contributed by atoms with Gasteiger partial charge in [-0.2, -0.15) is 0 Å². The van der Waals surface area contributed by atoms with Crippen molar-refractivity contribution >= 4 is 0 Å². The van der Waals surface area contributed by atoms with E-state index in [9.17, 15) is 0 Å². The molecule has 132 valence electrons. The van der Waals surface area contributed by atoms with Crippen LogP contribution in [0.2, 0.25) is 0 Å². The fourth-order valence-electron chi connectivity index (χ4n) is 3.66. The molecule has 0 radical (unpaired) electrons. The van der Waals surface area contributed by atoms with E-state index in [2.05, 4.69) is 19.3 Å². The van der Waals surface area contributed by atoms with Crippen LogP contribution in [0.1, 0.15) is 96.8 Å². The number of rotatable bonds is 15. The summed E-state index contributed by atoms with van der Waals surface area (Å²) in [5.74, 6) is 0. The largest absolute Gasteiger partial charge is 0.313 e. The molecule has 0 saturated carbocycles. The van der Waals surface area contributed by atoms with Crippen LogP contribution in [-0.4, -0.2) is 37.8 Å². The summed E-state index contributed by atoms with van der Waals surface area (Å²) in [6.07, 6.45) is 20.4. The van der Waals surface area contributed by atoms with Crippen molar-refractivity contribution in [3.8, 4) is 0 Å². The second kappa shape index (κ2) is 13.4. The van der Waals surface area contributed by atoms with Crippen LogP contribution in [0.3, 0.4) is 0 Å². The molecule has 0 bridgehead atoms. The summed E-state index contributed by atoms with van der Waals surface area (Å²) in [6.45, 7) is 7.42. The quantitative estimate of drug-likeness (QED) is 0.312. The Morgan fingerprint density at radius 2 is 1.14 bits per heavy atom. The van der Waals surface area contributed by atoms with Crippen molar-refractivity contribution < 1.29 is 4.48 Å². The van der Waals surface area contributed by atoms with E-state index in [1.807, 2.05) is 0 Å². The molecule has 0 spiro atoms. The standard InChI is InChI=1S/C20H43N2/c1-3-4-5-6-7-8-9-10-11-12-13-14-15-16-18-22(2)19-17-21-20-22/h21H,3-20H2,1-2H3/q+1. The maximum absolute atomic E-state index is 3.48. The van der Waals surface area contributed by atoms with Gasteiger partial charge < -0.3 is 4.48 Å². The molecule has 1 atom stereocenters. The van der Waals surface area contributed by atoms with Gasteiger partial charge in [0.25, 0.3) is 0 Å². The van der Waals surface area contributed by atoms with Crippen molar-refractivity contribution in [3.63, 3.8) is 0 Å². The summed E-state index contributed by atoms with van der Waals surface area (Å²) < 4.78 is 1.26. The highest BCUT2D eigenvalue weighted by atomic mass is 15.4. The van der Waals surface area contributed by atoms with E-state index in [0.717, 1.165) is 0 Å². The molecular weight excluding hydrogens is 268 g/mol. The summed E-state index contributed by atoms with van der Waals surface area (Å²) in [5.41, 5.74) is 0. The molecule has 2 nitrogen and oxygen atoms in total. The third kappa shape index (κ3) is 10.6. The summed E-state index contributed by atoms with van der Waals surface area (Å²) >= 11 is 0. The molecule has 1 heterocycles. The molecule has 1 N–H and O–H groups in total. The lowest BCUT2D eigenvalue weighted by atomic mass is 10.0. The first-order valence-corrected chi connectivity index (χ1v) is 10.3. The summed E-state index contributed by atoms with van der Waals surface area (Å²) in [6, 6.07) is 0. The van der Waals surface area contributed by atoms with Crippen LogP contribution in [0.15, 0.2) is 0 Å². The molecule has 0 aliphatic carbocycles. The van der Waals surface area contributed by atoms with Crippen LogP contribution in [0, 0.1) is 0 Å². The maximum Gasteiger partial charge on any atom is 0.132 e. The third-order valence-corrected chi connectivity index (χ3v) is 5.37. The van der Waals surface area contributed by atoms with Gasteiger partial charge in [-0.3, -0.25) is 5.32 Å². The first-order valence-electron chi connectivity index (χ1n) is 10.3. The number of nitrogens with one attached hydrogen (secondary N) is 1.